The van der Waals surface area contributed by atoms with Crippen LogP contribution in [0, 0.1) is 5.41 Å². The summed E-state index contributed by atoms with van der Waals surface area (Å²) < 4.78 is 0. The van der Waals surface area contributed by atoms with Crippen molar-refractivity contribution in [3.05, 3.63) is 0 Å². The lowest BCUT2D eigenvalue weighted by atomic mass is 9.87. The third-order valence-corrected chi connectivity index (χ3v) is 2.69. The van der Waals surface area contributed by atoms with E-state index in [1.807, 2.05) is 6.92 Å². The van der Waals surface area contributed by atoms with E-state index in [2.05, 4.69) is 26.1 Å². The average Bonchev–Trinajstić information content (AvgIpc) is 2.23. The maximum absolute atomic E-state index is 11.9. The third kappa shape index (κ3) is 9.47. The van der Waals surface area contributed by atoms with E-state index in [1.54, 1.807) is 7.05 Å². The van der Waals surface area contributed by atoms with E-state index in [0.717, 1.165) is 12.8 Å². The van der Waals surface area contributed by atoms with Gasteiger partial charge in [-0.15, -0.1) is 0 Å². The molecule has 5 nitrogen and oxygen atoms in total. The van der Waals surface area contributed by atoms with Crippen LogP contribution in [-0.4, -0.2) is 42.9 Å². The van der Waals surface area contributed by atoms with Gasteiger partial charge in [-0.25, -0.2) is 0 Å². The van der Waals surface area contributed by atoms with E-state index in [0.29, 0.717) is 6.54 Å². The number of nitrogens with zero attached hydrogens (tertiary/aromatic N) is 1. The van der Waals surface area contributed by atoms with Crippen LogP contribution in [0.1, 0.15) is 47.0 Å². The SMILES string of the molecule is CCCNC(=O)CN(C)C(=O)CC(N)CC(C)(C)C. The van der Waals surface area contributed by atoms with E-state index in [4.69, 9.17) is 5.73 Å². The molecule has 0 aliphatic rings. The highest BCUT2D eigenvalue weighted by Gasteiger charge is 2.20. The second kappa shape index (κ2) is 8.15. The van der Waals surface area contributed by atoms with Crippen molar-refractivity contribution >= 4 is 11.8 Å². The van der Waals surface area contributed by atoms with Crippen LogP contribution in [0.3, 0.4) is 0 Å². The fraction of sp³-hybridized carbons (Fsp3) is 0.857. The molecule has 0 saturated heterocycles. The molecule has 0 heterocycles. The van der Waals surface area contributed by atoms with E-state index >= 15 is 0 Å². The molecule has 0 radical (unpaired) electrons. The molecule has 1 atom stereocenters. The highest BCUT2D eigenvalue weighted by molar-refractivity contribution is 5.84. The molecule has 3 N–H and O–H groups in total. The fourth-order valence-corrected chi connectivity index (χ4v) is 1.86. The lowest BCUT2D eigenvalue weighted by Crippen LogP contribution is -2.41. The van der Waals surface area contributed by atoms with Crippen LogP contribution in [-0.2, 0) is 9.59 Å². The standard InChI is InChI=1S/C14H29N3O2/c1-6-7-16-12(18)10-17(5)13(19)8-11(15)9-14(2,3)4/h11H,6-10,15H2,1-5H3,(H,16,18). The van der Waals surface area contributed by atoms with Crippen LogP contribution in [0.4, 0.5) is 0 Å². The zero-order chi connectivity index (χ0) is 15.1. The minimum atomic E-state index is -0.159. The monoisotopic (exact) mass is 271 g/mol. The first kappa shape index (κ1) is 17.9. The Morgan fingerprint density at radius 2 is 1.89 bits per heavy atom. The van der Waals surface area contributed by atoms with Gasteiger partial charge in [-0.3, -0.25) is 9.59 Å². The molecule has 2 amide bonds. The number of rotatable bonds is 7. The lowest BCUT2D eigenvalue weighted by Gasteiger charge is -2.24. The molecule has 0 aromatic rings. The molecular formula is C14H29N3O2. The smallest absolute Gasteiger partial charge is 0.239 e. The average molecular weight is 271 g/mol. The Labute approximate surface area is 116 Å². The van der Waals surface area contributed by atoms with Gasteiger partial charge in [-0.1, -0.05) is 27.7 Å². The molecule has 0 aromatic carbocycles. The minimum Gasteiger partial charge on any atom is -0.355 e. The van der Waals surface area contributed by atoms with E-state index in [-0.39, 0.29) is 36.2 Å². The van der Waals surface area contributed by atoms with Crippen molar-refractivity contribution in [3.8, 4) is 0 Å². The van der Waals surface area contributed by atoms with Crippen LogP contribution >= 0.6 is 0 Å². The quantitative estimate of drug-likeness (QED) is 0.728. The zero-order valence-electron chi connectivity index (χ0n) is 13.0. The molecule has 0 rings (SSSR count). The summed E-state index contributed by atoms with van der Waals surface area (Å²) in [5.74, 6) is -0.203. The molecular weight excluding hydrogens is 242 g/mol. The molecule has 0 spiro atoms. The molecule has 0 saturated carbocycles. The van der Waals surface area contributed by atoms with Gasteiger partial charge in [-0.05, 0) is 18.3 Å². The second-order valence-corrected chi connectivity index (χ2v) is 6.33. The van der Waals surface area contributed by atoms with Crippen molar-refractivity contribution in [1.82, 2.24) is 10.2 Å². The van der Waals surface area contributed by atoms with Gasteiger partial charge in [0.25, 0.3) is 0 Å². The Hall–Kier alpha value is -1.10. The van der Waals surface area contributed by atoms with Crippen molar-refractivity contribution in [3.63, 3.8) is 0 Å². The summed E-state index contributed by atoms with van der Waals surface area (Å²) in [6, 6.07) is -0.159. The van der Waals surface area contributed by atoms with E-state index in [1.165, 1.54) is 4.90 Å². The number of carbonyl (C=O) groups is 2. The number of nitrogens with one attached hydrogen (secondary N) is 1. The van der Waals surface area contributed by atoms with E-state index < -0.39 is 0 Å². The molecule has 0 bridgehead atoms. The van der Waals surface area contributed by atoms with Crippen LogP contribution in [0.5, 0.6) is 0 Å². The van der Waals surface area contributed by atoms with Crippen LogP contribution < -0.4 is 11.1 Å². The highest BCUT2D eigenvalue weighted by atomic mass is 16.2. The third-order valence-electron chi connectivity index (χ3n) is 2.69. The Morgan fingerprint density at radius 3 is 2.37 bits per heavy atom. The molecule has 0 fully saturated rings. The molecule has 1 unspecified atom stereocenters. The number of nitrogens with two attached hydrogens (primary N) is 1. The van der Waals surface area contributed by atoms with Crippen LogP contribution in [0.15, 0.2) is 0 Å². The van der Waals surface area contributed by atoms with Gasteiger partial charge in [0.15, 0.2) is 0 Å². The van der Waals surface area contributed by atoms with E-state index in [9.17, 15) is 9.59 Å². The molecule has 5 heteroatoms. The Morgan fingerprint density at radius 1 is 1.32 bits per heavy atom. The van der Waals surface area contributed by atoms with Crippen molar-refractivity contribution in [2.24, 2.45) is 11.1 Å². The fourth-order valence-electron chi connectivity index (χ4n) is 1.86. The van der Waals surface area contributed by atoms with Gasteiger partial charge in [0, 0.05) is 26.1 Å². The molecule has 0 aliphatic carbocycles. The Kier molecular flexibility index (Phi) is 7.68. The number of hydrogen-bond donors (Lipinski definition) is 2. The largest absolute Gasteiger partial charge is 0.355 e. The number of hydrogen-bond acceptors (Lipinski definition) is 3. The summed E-state index contributed by atoms with van der Waals surface area (Å²) in [4.78, 5) is 24.8. The van der Waals surface area contributed by atoms with Crippen molar-refractivity contribution in [2.75, 3.05) is 20.1 Å². The number of likely N-dealkylation sites (N-methyl/N-ethyl adjacent to an activating group) is 1. The van der Waals surface area contributed by atoms with Crippen LogP contribution in [0.25, 0.3) is 0 Å². The topological polar surface area (TPSA) is 75.4 Å². The van der Waals surface area contributed by atoms with Gasteiger partial charge in [0.1, 0.15) is 0 Å². The first-order valence-electron chi connectivity index (χ1n) is 6.92. The molecule has 112 valence electrons. The van der Waals surface area contributed by atoms with Crippen molar-refractivity contribution in [2.45, 2.75) is 53.0 Å². The Bertz CT molecular complexity index is 298. The first-order chi connectivity index (χ1) is 8.65. The summed E-state index contributed by atoms with van der Waals surface area (Å²) in [6.07, 6.45) is 1.96. The second-order valence-electron chi connectivity index (χ2n) is 6.33. The number of amides is 2. The van der Waals surface area contributed by atoms with Crippen LogP contribution in [0.2, 0.25) is 0 Å². The van der Waals surface area contributed by atoms with Gasteiger partial charge < -0.3 is 16.0 Å². The van der Waals surface area contributed by atoms with Gasteiger partial charge in [-0.2, -0.15) is 0 Å². The van der Waals surface area contributed by atoms with Crippen molar-refractivity contribution < 1.29 is 9.59 Å². The maximum atomic E-state index is 11.9. The Balaban J connectivity index is 4.09. The summed E-state index contributed by atoms with van der Waals surface area (Å²) in [5.41, 5.74) is 6.07. The normalized spacial score (nSPS) is 12.9. The zero-order valence-corrected chi connectivity index (χ0v) is 13.0. The summed E-state index contributed by atoms with van der Waals surface area (Å²) >= 11 is 0. The predicted molar refractivity (Wildman–Crippen MR) is 77.6 cm³/mol. The summed E-state index contributed by atoms with van der Waals surface area (Å²) in [5, 5.41) is 2.75. The summed E-state index contributed by atoms with van der Waals surface area (Å²) in [7, 11) is 1.64. The minimum absolute atomic E-state index is 0.0802. The molecule has 0 aliphatic heterocycles. The maximum Gasteiger partial charge on any atom is 0.239 e. The molecule has 19 heavy (non-hydrogen) atoms. The summed E-state index contributed by atoms with van der Waals surface area (Å²) in [6.45, 7) is 9.02. The lowest BCUT2D eigenvalue weighted by molar-refractivity contribution is -0.135. The predicted octanol–water partition coefficient (Wildman–Crippen LogP) is 1.12. The number of carbonyl (C=O) groups excluding carboxylic acids is 2. The van der Waals surface area contributed by atoms with Gasteiger partial charge in [0.05, 0.1) is 6.54 Å². The van der Waals surface area contributed by atoms with Gasteiger partial charge in [0.2, 0.25) is 11.8 Å². The van der Waals surface area contributed by atoms with Crippen molar-refractivity contribution in [1.29, 1.82) is 0 Å². The highest BCUT2D eigenvalue weighted by Crippen LogP contribution is 2.21. The van der Waals surface area contributed by atoms with Gasteiger partial charge >= 0.3 is 0 Å². The first-order valence-corrected chi connectivity index (χ1v) is 6.92. The molecule has 0 aromatic heterocycles.